The van der Waals surface area contributed by atoms with Gasteiger partial charge in [0.1, 0.15) is 30.5 Å². The zero-order valence-corrected chi connectivity index (χ0v) is 21.7. The Kier molecular flexibility index (Phi) is 7.51. The van der Waals surface area contributed by atoms with E-state index < -0.39 is 6.23 Å². The Hall–Kier alpha value is -3.82. The lowest BCUT2D eigenvalue weighted by atomic mass is 10.1. The van der Waals surface area contributed by atoms with Crippen LogP contribution in [0.3, 0.4) is 0 Å². The smallest absolute Gasteiger partial charge is 0.230 e. The number of hydrogen-bond acceptors (Lipinski definition) is 11. The predicted molar refractivity (Wildman–Crippen MR) is 146 cm³/mol. The van der Waals surface area contributed by atoms with Crippen molar-refractivity contribution in [2.75, 3.05) is 56.2 Å². The number of benzene rings is 2. The monoisotopic (exact) mass is 528 g/mol. The fraction of sp³-hybridized carbons (Fsp3) is 0.429. The molecule has 3 aromatic rings. The Morgan fingerprint density at radius 3 is 2.56 bits per heavy atom. The Bertz CT molecular complexity index is 1310. The molecule has 3 N–H and O–H groups in total. The van der Waals surface area contributed by atoms with Gasteiger partial charge in [-0.15, -0.1) is 0 Å². The predicted octanol–water partition coefficient (Wildman–Crippen LogP) is 2.12. The highest BCUT2D eigenvalue weighted by Gasteiger charge is 2.29. The van der Waals surface area contributed by atoms with Gasteiger partial charge in [-0.2, -0.15) is 10.2 Å². The number of piperazine rings is 1. The first-order chi connectivity index (χ1) is 19.1. The summed E-state index contributed by atoms with van der Waals surface area (Å²) in [6.07, 6.45) is 2.19. The molecule has 0 bridgehead atoms. The van der Waals surface area contributed by atoms with E-state index in [1.165, 1.54) is 12.0 Å². The summed E-state index contributed by atoms with van der Waals surface area (Å²) < 4.78 is 11.4. The molecule has 0 amide bonds. The van der Waals surface area contributed by atoms with E-state index in [1.54, 1.807) is 12.1 Å². The third-order valence-corrected chi connectivity index (χ3v) is 7.51. The quantitative estimate of drug-likeness (QED) is 0.417. The van der Waals surface area contributed by atoms with Crippen molar-refractivity contribution in [1.29, 1.82) is 5.26 Å². The number of aliphatic hydroxyl groups excluding tert-OH is 1. The summed E-state index contributed by atoms with van der Waals surface area (Å²) in [7, 11) is 0. The topological polar surface area (TPSA) is 132 Å². The molecule has 202 valence electrons. The normalized spacial score (nSPS) is 22.1. The number of aromatic nitrogens is 3. The van der Waals surface area contributed by atoms with Crippen LogP contribution in [-0.2, 0) is 4.74 Å². The van der Waals surface area contributed by atoms with E-state index in [1.807, 2.05) is 18.2 Å². The second-order valence-corrected chi connectivity index (χ2v) is 10.1. The van der Waals surface area contributed by atoms with Crippen LogP contribution in [0.2, 0.25) is 0 Å². The Morgan fingerprint density at radius 1 is 1.05 bits per heavy atom. The molecule has 2 atom stereocenters. The van der Waals surface area contributed by atoms with Crippen molar-refractivity contribution in [3.8, 4) is 23.2 Å². The molecule has 0 spiro atoms. The SMILES string of the molecule is N#Cc1cc(-c2ncnc(Nc3ccc(N4CCN(C5COC5)CC4)cc3)n2)ccc1O[C@H]1CCC(O)NC1. The van der Waals surface area contributed by atoms with Crippen LogP contribution in [0.25, 0.3) is 11.4 Å². The lowest BCUT2D eigenvalue weighted by Crippen LogP contribution is -2.56. The zero-order valence-electron chi connectivity index (χ0n) is 21.7. The van der Waals surface area contributed by atoms with Crippen LogP contribution in [0.1, 0.15) is 18.4 Å². The number of anilines is 3. The molecular weight excluding hydrogens is 496 g/mol. The van der Waals surface area contributed by atoms with Crippen LogP contribution in [-0.4, -0.2) is 89.3 Å². The first kappa shape index (κ1) is 25.5. The van der Waals surface area contributed by atoms with Crippen LogP contribution in [0.4, 0.5) is 17.3 Å². The molecule has 3 saturated heterocycles. The molecule has 11 heteroatoms. The number of ether oxygens (including phenoxy) is 2. The van der Waals surface area contributed by atoms with Gasteiger partial charge in [-0.05, 0) is 55.3 Å². The highest BCUT2D eigenvalue weighted by atomic mass is 16.5. The molecule has 3 aliphatic rings. The van der Waals surface area contributed by atoms with Crippen LogP contribution < -0.4 is 20.3 Å². The number of nitrogens with one attached hydrogen (secondary N) is 2. The second-order valence-electron chi connectivity index (χ2n) is 10.1. The summed E-state index contributed by atoms with van der Waals surface area (Å²) in [4.78, 5) is 18.1. The number of nitrogens with zero attached hydrogens (tertiary/aromatic N) is 6. The fourth-order valence-electron chi connectivity index (χ4n) is 5.11. The highest BCUT2D eigenvalue weighted by Crippen LogP contribution is 2.27. The standard InChI is InChI=1S/C28H32N8O3/c29-14-20-13-19(1-7-25(20)39-24-6-8-26(37)30-15-24)27-31-18-32-28(34-27)33-21-2-4-22(5-3-21)35-9-11-36(12-10-35)23-16-38-17-23/h1-5,7,13,18,23-24,26,30,37H,6,8-12,15-17H2,(H,31,32,33,34)/t24-,26?/m0/s1. The maximum atomic E-state index is 9.72. The molecule has 4 heterocycles. The van der Waals surface area contributed by atoms with Gasteiger partial charge in [0, 0.05) is 49.7 Å². The molecule has 0 aliphatic carbocycles. The summed E-state index contributed by atoms with van der Waals surface area (Å²) in [6.45, 7) is 6.40. The van der Waals surface area contributed by atoms with Crippen LogP contribution in [0.5, 0.6) is 5.75 Å². The molecule has 3 fully saturated rings. The number of rotatable bonds is 7. The van der Waals surface area contributed by atoms with Crippen molar-refractivity contribution in [2.24, 2.45) is 0 Å². The van der Waals surface area contributed by atoms with Gasteiger partial charge in [0.15, 0.2) is 5.82 Å². The first-order valence-electron chi connectivity index (χ1n) is 13.4. The minimum absolute atomic E-state index is 0.0993. The molecule has 39 heavy (non-hydrogen) atoms. The van der Waals surface area contributed by atoms with E-state index in [0.717, 1.165) is 51.5 Å². The lowest BCUT2D eigenvalue weighted by Gasteiger charge is -2.43. The summed E-state index contributed by atoms with van der Waals surface area (Å²) in [6, 6.07) is 16.4. The third kappa shape index (κ3) is 5.94. The number of aliphatic hydroxyl groups is 1. The van der Waals surface area contributed by atoms with Crippen molar-refractivity contribution in [3.05, 3.63) is 54.4 Å². The van der Waals surface area contributed by atoms with Crippen LogP contribution in [0.15, 0.2) is 48.8 Å². The van der Waals surface area contributed by atoms with Crippen molar-refractivity contribution in [2.45, 2.75) is 31.2 Å². The molecule has 0 radical (unpaired) electrons. The zero-order chi connectivity index (χ0) is 26.6. The number of piperidine rings is 1. The van der Waals surface area contributed by atoms with Gasteiger partial charge in [0.2, 0.25) is 5.95 Å². The molecule has 11 nitrogen and oxygen atoms in total. The number of nitriles is 1. The lowest BCUT2D eigenvalue weighted by molar-refractivity contribution is -0.0660. The molecule has 6 rings (SSSR count). The molecule has 3 aliphatic heterocycles. The Labute approximate surface area is 227 Å². The van der Waals surface area contributed by atoms with E-state index in [2.05, 4.69) is 53.6 Å². The summed E-state index contributed by atoms with van der Waals surface area (Å²) in [5.74, 6) is 1.40. The Morgan fingerprint density at radius 2 is 1.87 bits per heavy atom. The van der Waals surface area contributed by atoms with Gasteiger partial charge in [-0.25, -0.2) is 9.97 Å². The van der Waals surface area contributed by atoms with Crippen LogP contribution >= 0.6 is 0 Å². The van der Waals surface area contributed by atoms with Gasteiger partial charge in [0.25, 0.3) is 0 Å². The van der Waals surface area contributed by atoms with Gasteiger partial charge < -0.3 is 24.8 Å². The molecule has 1 unspecified atom stereocenters. The van der Waals surface area contributed by atoms with Gasteiger partial charge >= 0.3 is 0 Å². The van der Waals surface area contributed by atoms with Gasteiger partial charge in [-0.1, -0.05) is 0 Å². The number of hydrogen-bond donors (Lipinski definition) is 3. The first-order valence-corrected chi connectivity index (χ1v) is 13.4. The second kappa shape index (κ2) is 11.5. The van der Waals surface area contributed by atoms with E-state index in [9.17, 15) is 10.4 Å². The minimum atomic E-state index is -0.499. The summed E-state index contributed by atoms with van der Waals surface area (Å²) in [5.41, 5.74) is 3.19. The maximum Gasteiger partial charge on any atom is 0.230 e. The molecular formula is C28H32N8O3. The minimum Gasteiger partial charge on any atom is -0.488 e. The third-order valence-electron chi connectivity index (χ3n) is 7.51. The largest absolute Gasteiger partial charge is 0.488 e. The van der Waals surface area contributed by atoms with Crippen molar-refractivity contribution in [1.82, 2.24) is 25.2 Å². The summed E-state index contributed by atoms with van der Waals surface area (Å²) in [5, 5.41) is 25.6. The van der Waals surface area contributed by atoms with Crippen molar-refractivity contribution >= 4 is 17.3 Å². The van der Waals surface area contributed by atoms with E-state index in [-0.39, 0.29) is 6.10 Å². The van der Waals surface area contributed by atoms with Crippen LogP contribution in [0, 0.1) is 11.3 Å². The van der Waals surface area contributed by atoms with Gasteiger partial charge in [0.05, 0.1) is 24.8 Å². The van der Waals surface area contributed by atoms with Crippen molar-refractivity contribution < 1.29 is 14.6 Å². The molecule has 1 aromatic heterocycles. The fourth-order valence-corrected chi connectivity index (χ4v) is 5.11. The van der Waals surface area contributed by atoms with E-state index in [0.29, 0.717) is 47.7 Å². The Balaban J connectivity index is 1.09. The van der Waals surface area contributed by atoms with Gasteiger partial charge in [-0.3, -0.25) is 10.2 Å². The molecule has 0 saturated carbocycles. The summed E-state index contributed by atoms with van der Waals surface area (Å²) >= 11 is 0. The average Bonchev–Trinajstić information content (AvgIpc) is 2.95. The van der Waals surface area contributed by atoms with E-state index in [4.69, 9.17) is 9.47 Å². The van der Waals surface area contributed by atoms with Crippen molar-refractivity contribution in [3.63, 3.8) is 0 Å². The molecule has 2 aromatic carbocycles. The maximum absolute atomic E-state index is 9.72. The average molecular weight is 529 g/mol. The highest BCUT2D eigenvalue weighted by molar-refractivity contribution is 5.64. The van der Waals surface area contributed by atoms with E-state index >= 15 is 0 Å².